The molecule has 1 heterocycles. The largest absolute Gasteiger partial charge is 0.224 e. The second-order valence-corrected chi connectivity index (χ2v) is 4.25. The summed E-state index contributed by atoms with van der Waals surface area (Å²) in [6.45, 7) is 0. The lowest BCUT2D eigenvalue weighted by atomic mass is 10.2. The van der Waals surface area contributed by atoms with E-state index in [2.05, 4.69) is 4.98 Å². The van der Waals surface area contributed by atoms with Crippen LogP contribution in [0.15, 0.2) is 18.2 Å². The van der Waals surface area contributed by atoms with Gasteiger partial charge in [0.15, 0.2) is 0 Å². The van der Waals surface area contributed by atoms with Crippen molar-refractivity contribution in [1.29, 1.82) is 0 Å². The molecular weight excluding hydrogens is 264 g/mol. The van der Waals surface area contributed by atoms with Gasteiger partial charge in [-0.05, 0) is 18.2 Å². The summed E-state index contributed by atoms with van der Waals surface area (Å²) in [7, 11) is 0. The molecule has 0 aliphatic rings. The second kappa shape index (κ2) is 3.74. The standard InChI is InChI=1S/C9H3Cl4N/c10-5-1-2-6(11)8-4(5)3-7(12)14-9(8)13/h1-3H. The minimum absolute atomic E-state index is 0.264. The van der Waals surface area contributed by atoms with Gasteiger partial charge in [0.2, 0.25) is 0 Å². The first kappa shape index (κ1) is 10.3. The monoisotopic (exact) mass is 265 g/mol. The molecule has 2 rings (SSSR count). The average molecular weight is 267 g/mol. The molecule has 0 aliphatic heterocycles. The fraction of sp³-hybridized carbons (Fsp3) is 0. The lowest BCUT2D eigenvalue weighted by molar-refractivity contribution is 1.36. The van der Waals surface area contributed by atoms with E-state index in [4.69, 9.17) is 46.4 Å². The Morgan fingerprint density at radius 1 is 0.929 bits per heavy atom. The Labute approximate surface area is 101 Å². The maximum absolute atomic E-state index is 5.97. The Morgan fingerprint density at radius 3 is 2.29 bits per heavy atom. The van der Waals surface area contributed by atoms with E-state index in [1.54, 1.807) is 18.2 Å². The van der Waals surface area contributed by atoms with Crippen LogP contribution >= 0.6 is 46.4 Å². The lowest BCUT2D eigenvalue weighted by Gasteiger charge is -2.04. The lowest BCUT2D eigenvalue weighted by Crippen LogP contribution is -1.83. The third-order valence-corrected chi connectivity index (χ3v) is 2.93. The maximum Gasteiger partial charge on any atom is 0.140 e. The van der Waals surface area contributed by atoms with Crippen LogP contribution in [0.3, 0.4) is 0 Å². The summed E-state index contributed by atoms with van der Waals surface area (Å²) >= 11 is 23.6. The fourth-order valence-electron chi connectivity index (χ4n) is 1.22. The topological polar surface area (TPSA) is 12.9 Å². The Morgan fingerprint density at radius 2 is 1.57 bits per heavy atom. The van der Waals surface area contributed by atoms with E-state index in [1.165, 1.54) is 0 Å². The molecule has 0 aliphatic carbocycles. The normalized spacial score (nSPS) is 10.9. The number of benzene rings is 1. The highest BCUT2D eigenvalue weighted by molar-refractivity contribution is 6.45. The smallest absolute Gasteiger partial charge is 0.140 e. The Bertz CT molecular complexity index is 510. The SMILES string of the molecule is Clc1cc2c(Cl)ccc(Cl)c2c(Cl)n1. The van der Waals surface area contributed by atoms with Crippen LogP contribution in [0, 0.1) is 0 Å². The van der Waals surface area contributed by atoms with Crippen LogP contribution in [0.5, 0.6) is 0 Å². The Hall–Kier alpha value is -0.210. The van der Waals surface area contributed by atoms with Crippen molar-refractivity contribution in [1.82, 2.24) is 4.98 Å². The van der Waals surface area contributed by atoms with E-state index in [0.717, 1.165) is 0 Å². The summed E-state index contributed by atoms with van der Waals surface area (Å²) in [5, 5.41) is 2.97. The predicted octanol–water partition coefficient (Wildman–Crippen LogP) is 4.85. The summed E-state index contributed by atoms with van der Waals surface area (Å²) in [4.78, 5) is 3.89. The van der Waals surface area contributed by atoms with E-state index < -0.39 is 0 Å². The third kappa shape index (κ3) is 1.66. The van der Waals surface area contributed by atoms with Crippen LogP contribution < -0.4 is 0 Å². The van der Waals surface area contributed by atoms with E-state index >= 15 is 0 Å². The van der Waals surface area contributed by atoms with E-state index in [1.807, 2.05) is 0 Å². The second-order valence-electron chi connectivity index (χ2n) is 2.69. The van der Waals surface area contributed by atoms with E-state index in [-0.39, 0.29) is 5.15 Å². The minimum Gasteiger partial charge on any atom is -0.224 e. The van der Waals surface area contributed by atoms with E-state index in [9.17, 15) is 0 Å². The number of nitrogens with zero attached hydrogens (tertiary/aromatic N) is 1. The molecule has 1 aromatic carbocycles. The van der Waals surface area contributed by atoms with Crippen molar-refractivity contribution in [3.05, 3.63) is 38.6 Å². The molecule has 1 nitrogen and oxygen atoms in total. The van der Waals surface area contributed by atoms with Gasteiger partial charge in [-0.15, -0.1) is 0 Å². The molecule has 0 N–H and O–H groups in total. The first-order valence-corrected chi connectivity index (χ1v) is 5.20. The third-order valence-electron chi connectivity index (χ3n) is 1.82. The van der Waals surface area contributed by atoms with Crippen LogP contribution in [-0.2, 0) is 0 Å². The molecule has 0 unspecified atom stereocenters. The highest BCUT2D eigenvalue weighted by Gasteiger charge is 2.09. The zero-order valence-electron chi connectivity index (χ0n) is 6.69. The number of fused-ring (bicyclic) bond motifs is 1. The zero-order chi connectivity index (χ0) is 10.3. The van der Waals surface area contributed by atoms with Crippen molar-refractivity contribution >= 4 is 57.2 Å². The van der Waals surface area contributed by atoms with Gasteiger partial charge in [-0.3, -0.25) is 0 Å². The first-order chi connectivity index (χ1) is 6.59. The van der Waals surface area contributed by atoms with Crippen LogP contribution in [0.2, 0.25) is 20.4 Å². The number of aromatic nitrogens is 1. The van der Waals surface area contributed by atoms with Crippen molar-refractivity contribution in [3.63, 3.8) is 0 Å². The number of hydrogen-bond acceptors (Lipinski definition) is 1. The van der Waals surface area contributed by atoms with Crippen LogP contribution in [0.25, 0.3) is 10.8 Å². The summed E-state index contributed by atoms with van der Waals surface area (Å²) in [6.07, 6.45) is 0. The van der Waals surface area contributed by atoms with Gasteiger partial charge in [0, 0.05) is 15.8 Å². The summed E-state index contributed by atoms with van der Waals surface area (Å²) in [6, 6.07) is 5.00. The number of pyridine rings is 1. The molecule has 2 aromatic rings. The van der Waals surface area contributed by atoms with Crippen molar-refractivity contribution in [2.75, 3.05) is 0 Å². The van der Waals surface area contributed by atoms with Crippen LogP contribution in [0.4, 0.5) is 0 Å². The van der Waals surface area contributed by atoms with Crippen LogP contribution in [-0.4, -0.2) is 4.98 Å². The van der Waals surface area contributed by atoms with Gasteiger partial charge >= 0.3 is 0 Å². The van der Waals surface area contributed by atoms with Crippen molar-refractivity contribution in [2.45, 2.75) is 0 Å². The summed E-state index contributed by atoms with van der Waals surface area (Å²) in [5.74, 6) is 0. The summed E-state index contributed by atoms with van der Waals surface area (Å²) in [5.41, 5.74) is 0. The molecule has 0 spiro atoms. The average Bonchev–Trinajstić information content (AvgIpc) is 2.10. The van der Waals surface area contributed by atoms with E-state index in [0.29, 0.717) is 26.0 Å². The first-order valence-electron chi connectivity index (χ1n) is 3.69. The molecule has 0 radical (unpaired) electrons. The van der Waals surface area contributed by atoms with Gasteiger partial charge in [-0.1, -0.05) is 46.4 Å². The van der Waals surface area contributed by atoms with Crippen molar-refractivity contribution in [3.8, 4) is 0 Å². The molecule has 0 bridgehead atoms. The van der Waals surface area contributed by atoms with Gasteiger partial charge in [0.1, 0.15) is 10.3 Å². The van der Waals surface area contributed by atoms with Gasteiger partial charge in [-0.2, -0.15) is 0 Å². The molecule has 5 heteroatoms. The molecular formula is C9H3Cl4N. The quantitative estimate of drug-likeness (QED) is 0.622. The number of halogens is 4. The molecule has 1 aromatic heterocycles. The molecule has 14 heavy (non-hydrogen) atoms. The Kier molecular flexibility index (Phi) is 2.76. The molecule has 0 fully saturated rings. The minimum atomic E-state index is 0.264. The van der Waals surface area contributed by atoms with Crippen LogP contribution in [0.1, 0.15) is 0 Å². The number of rotatable bonds is 0. The Balaban J connectivity index is 3.00. The molecule has 0 amide bonds. The summed E-state index contributed by atoms with van der Waals surface area (Å²) < 4.78 is 0. The van der Waals surface area contributed by atoms with Gasteiger partial charge in [0.05, 0.1) is 5.02 Å². The fourth-order valence-corrected chi connectivity index (χ4v) is 2.27. The van der Waals surface area contributed by atoms with Gasteiger partial charge < -0.3 is 0 Å². The molecule has 0 saturated carbocycles. The maximum atomic E-state index is 5.97. The number of hydrogen-bond donors (Lipinski definition) is 0. The van der Waals surface area contributed by atoms with Crippen molar-refractivity contribution < 1.29 is 0 Å². The van der Waals surface area contributed by atoms with Crippen molar-refractivity contribution in [2.24, 2.45) is 0 Å². The van der Waals surface area contributed by atoms with Gasteiger partial charge in [-0.25, -0.2) is 4.98 Å². The predicted molar refractivity (Wildman–Crippen MR) is 61.8 cm³/mol. The molecule has 0 saturated heterocycles. The molecule has 72 valence electrons. The highest BCUT2D eigenvalue weighted by Crippen LogP contribution is 2.35. The van der Waals surface area contributed by atoms with Gasteiger partial charge in [0.25, 0.3) is 0 Å². The highest BCUT2D eigenvalue weighted by atomic mass is 35.5. The zero-order valence-corrected chi connectivity index (χ0v) is 9.71. The molecule has 0 atom stereocenters.